The van der Waals surface area contributed by atoms with Crippen LogP contribution in [0, 0.1) is 0 Å². The molecule has 0 amide bonds. The van der Waals surface area contributed by atoms with Crippen molar-refractivity contribution >= 4 is 11.9 Å². The third-order valence-corrected chi connectivity index (χ3v) is 3.33. The molecule has 0 aromatic carbocycles. The average Bonchev–Trinajstić information content (AvgIpc) is 2.45. The van der Waals surface area contributed by atoms with Gasteiger partial charge in [-0.05, 0) is 25.3 Å². The van der Waals surface area contributed by atoms with E-state index in [2.05, 4.69) is 13.5 Å². The molecule has 0 radical (unpaired) electrons. The fourth-order valence-electron chi connectivity index (χ4n) is 1.93. The van der Waals surface area contributed by atoms with Crippen LogP contribution in [0.15, 0.2) is 12.2 Å². The first-order valence-electron chi connectivity index (χ1n) is 8.48. The minimum atomic E-state index is -1.19. The molecule has 0 heterocycles. The molecule has 0 saturated heterocycles. The van der Waals surface area contributed by atoms with E-state index in [1.165, 1.54) is 64.7 Å². The van der Waals surface area contributed by atoms with E-state index < -0.39 is 11.9 Å². The van der Waals surface area contributed by atoms with Gasteiger partial charge in [0, 0.05) is 5.97 Å². The van der Waals surface area contributed by atoms with Crippen molar-refractivity contribution in [2.24, 2.45) is 0 Å². The smallest absolute Gasteiger partial charge is 0.550 e. The zero-order chi connectivity index (χ0) is 17.2. The fourth-order valence-corrected chi connectivity index (χ4v) is 1.93. The SMILES string of the molecule is C=C(C)C(=O)[O-].CCCCCCCCCCCCCC(=O)[O-].[Zn+2]. The molecule has 0 aliphatic heterocycles. The quantitative estimate of drug-likeness (QED) is 0.281. The molecule has 0 unspecified atom stereocenters. The minimum absolute atomic E-state index is 0. The van der Waals surface area contributed by atoms with Crippen LogP contribution in [0.3, 0.4) is 0 Å². The van der Waals surface area contributed by atoms with Crippen LogP contribution in [0.4, 0.5) is 0 Å². The van der Waals surface area contributed by atoms with Crippen LogP contribution < -0.4 is 10.2 Å². The normalized spacial score (nSPS) is 9.30. The van der Waals surface area contributed by atoms with E-state index in [0.717, 1.165) is 12.8 Å². The number of rotatable bonds is 13. The maximum Gasteiger partial charge on any atom is 2.00 e. The molecular formula is C18H32O4Zn. The number of aliphatic carboxylic acids is 2. The summed E-state index contributed by atoms with van der Waals surface area (Å²) in [7, 11) is 0. The van der Waals surface area contributed by atoms with Crippen LogP contribution in [0.25, 0.3) is 0 Å². The number of carboxylic acids is 2. The van der Waals surface area contributed by atoms with Crippen molar-refractivity contribution in [3.8, 4) is 0 Å². The number of carboxylic acid groups (broad SMARTS) is 2. The average molecular weight is 378 g/mol. The molecular weight excluding hydrogens is 346 g/mol. The van der Waals surface area contributed by atoms with Crippen LogP contribution in [0.1, 0.15) is 90.9 Å². The van der Waals surface area contributed by atoms with E-state index in [4.69, 9.17) is 0 Å². The molecule has 23 heavy (non-hydrogen) atoms. The first kappa shape index (κ1) is 27.2. The summed E-state index contributed by atoms with van der Waals surface area (Å²) in [6.45, 7) is 6.72. The van der Waals surface area contributed by atoms with E-state index >= 15 is 0 Å². The number of carbonyl (C=O) groups is 2. The number of carbonyl (C=O) groups excluding carboxylic acids is 2. The summed E-state index contributed by atoms with van der Waals surface area (Å²) in [6.07, 6.45) is 14.0. The second-order valence-corrected chi connectivity index (χ2v) is 5.73. The Labute approximate surface area is 154 Å². The zero-order valence-electron chi connectivity index (χ0n) is 15.0. The van der Waals surface area contributed by atoms with E-state index in [9.17, 15) is 19.8 Å². The summed E-state index contributed by atoms with van der Waals surface area (Å²) in [5.41, 5.74) is 0.0648. The van der Waals surface area contributed by atoms with Gasteiger partial charge in [-0.3, -0.25) is 0 Å². The molecule has 0 rings (SSSR count). The molecule has 0 N–H and O–H groups in total. The van der Waals surface area contributed by atoms with Crippen molar-refractivity contribution in [2.75, 3.05) is 0 Å². The van der Waals surface area contributed by atoms with Crippen LogP contribution >= 0.6 is 0 Å². The second kappa shape index (κ2) is 21.3. The summed E-state index contributed by atoms with van der Waals surface area (Å²) in [4.78, 5) is 19.6. The van der Waals surface area contributed by atoms with Gasteiger partial charge in [-0.1, -0.05) is 77.7 Å². The van der Waals surface area contributed by atoms with Gasteiger partial charge in [-0.15, -0.1) is 0 Å². The molecule has 0 saturated carbocycles. The molecule has 0 aliphatic carbocycles. The topological polar surface area (TPSA) is 80.3 Å². The summed E-state index contributed by atoms with van der Waals surface area (Å²) in [5, 5.41) is 19.6. The minimum Gasteiger partial charge on any atom is -0.550 e. The van der Waals surface area contributed by atoms with Crippen molar-refractivity contribution in [2.45, 2.75) is 90.9 Å². The second-order valence-electron chi connectivity index (χ2n) is 5.73. The number of hydrogen-bond acceptors (Lipinski definition) is 4. The predicted octanol–water partition coefficient (Wildman–Crippen LogP) is 2.75. The van der Waals surface area contributed by atoms with Crippen LogP contribution in [0.2, 0.25) is 0 Å². The van der Waals surface area contributed by atoms with Crippen LogP contribution in [-0.2, 0) is 29.1 Å². The Morgan fingerprint density at radius 3 is 1.35 bits per heavy atom. The number of unbranched alkanes of at least 4 members (excludes halogenated alkanes) is 10. The van der Waals surface area contributed by atoms with Gasteiger partial charge in [-0.2, -0.15) is 0 Å². The molecule has 0 fully saturated rings. The van der Waals surface area contributed by atoms with Gasteiger partial charge < -0.3 is 19.8 Å². The molecule has 4 nitrogen and oxygen atoms in total. The van der Waals surface area contributed by atoms with Crippen molar-refractivity contribution in [3.63, 3.8) is 0 Å². The first-order valence-corrected chi connectivity index (χ1v) is 8.48. The van der Waals surface area contributed by atoms with Crippen LogP contribution in [0.5, 0.6) is 0 Å². The van der Waals surface area contributed by atoms with Gasteiger partial charge in [-0.25, -0.2) is 0 Å². The van der Waals surface area contributed by atoms with E-state index in [1.807, 2.05) is 0 Å². The summed E-state index contributed by atoms with van der Waals surface area (Å²) in [6, 6.07) is 0. The van der Waals surface area contributed by atoms with E-state index in [1.54, 1.807) is 0 Å². The molecule has 5 heteroatoms. The van der Waals surface area contributed by atoms with Crippen molar-refractivity contribution < 1.29 is 39.3 Å². The Bertz CT molecular complexity index is 291. The van der Waals surface area contributed by atoms with Gasteiger partial charge in [0.2, 0.25) is 0 Å². The van der Waals surface area contributed by atoms with Crippen molar-refractivity contribution in [3.05, 3.63) is 12.2 Å². The third kappa shape index (κ3) is 29.9. The molecule has 0 aromatic heterocycles. The van der Waals surface area contributed by atoms with Crippen LogP contribution in [-0.4, -0.2) is 11.9 Å². The molecule has 0 aliphatic rings. The van der Waals surface area contributed by atoms with Gasteiger partial charge in [0.15, 0.2) is 0 Å². The summed E-state index contributed by atoms with van der Waals surface area (Å²) in [5.74, 6) is -2.09. The maximum atomic E-state index is 10.1. The van der Waals surface area contributed by atoms with Crippen molar-refractivity contribution in [1.29, 1.82) is 0 Å². The summed E-state index contributed by atoms with van der Waals surface area (Å²) >= 11 is 0. The molecule has 0 spiro atoms. The zero-order valence-corrected chi connectivity index (χ0v) is 18.0. The van der Waals surface area contributed by atoms with Gasteiger partial charge in [0.25, 0.3) is 0 Å². The summed E-state index contributed by atoms with van der Waals surface area (Å²) < 4.78 is 0. The molecule has 0 atom stereocenters. The largest absolute Gasteiger partial charge is 2.00 e. The number of hydrogen-bond donors (Lipinski definition) is 0. The van der Waals surface area contributed by atoms with E-state index in [-0.39, 0.29) is 31.5 Å². The maximum absolute atomic E-state index is 10.1. The standard InChI is InChI=1S/C14H28O2.C4H6O2.Zn/c1-2-3-4-5-6-7-8-9-10-11-12-13-14(15)16;1-3(2)4(5)6;/h2-13H2,1H3,(H,15,16);1H2,2H3,(H,5,6);/q;;+2/p-2. The fraction of sp³-hybridized carbons (Fsp3) is 0.778. The Hall–Kier alpha value is -0.697. The molecule has 130 valence electrons. The first-order chi connectivity index (χ1) is 10.4. The Kier molecular flexibility index (Phi) is 25.2. The van der Waals surface area contributed by atoms with Gasteiger partial charge in [0.1, 0.15) is 0 Å². The monoisotopic (exact) mass is 376 g/mol. The van der Waals surface area contributed by atoms with Gasteiger partial charge >= 0.3 is 19.5 Å². The Balaban J connectivity index is -0.000000487. The van der Waals surface area contributed by atoms with E-state index in [0.29, 0.717) is 0 Å². The molecule has 0 aromatic rings. The molecule has 0 bridgehead atoms. The third-order valence-electron chi connectivity index (χ3n) is 3.33. The predicted molar refractivity (Wildman–Crippen MR) is 85.9 cm³/mol. The Morgan fingerprint density at radius 1 is 0.783 bits per heavy atom. The van der Waals surface area contributed by atoms with Gasteiger partial charge in [0.05, 0.1) is 5.97 Å². The van der Waals surface area contributed by atoms with Crippen molar-refractivity contribution in [1.82, 2.24) is 0 Å². The Morgan fingerprint density at radius 2 is 1.09 bits per heavy atom.